The van der Waals surface area contributed by atoms with Crippen LogP contribution in [-0.4, -0.2) is 46.8 Å². The minimum Gasteiger partial charge on any atom is -0.480 e. The molecular formula is C24H35N3O4. The monoisotopic (exact) mass is 429 g/mol. The number of aliphatic carboxylic acids is 1. The molecule has 3 N–H and O–H groups in total. The van der Waals surface area contributed by atoms with E-state index in [1.165, 1.54) is 12.0 Å². The number of ether oxygens (including phenoxy) is 1. The average Bonchev–Trinajstić information content (AvgIpc) is 3.41. The lowest BCUT2D eigenvalue weighted by Crippen LogP contribution is -2.45. The first-order valence-electron chi connectivity index (χ1n) is 12.0. The van der Waals surface area contributed by atoms with Crippen molar-refractivity contribution in [2.45, 2.75) is 95.3 Å². The smallest absolute Gasteiger partial charge is 0.326 e. The molecule has 0 spiro atoms. The number of unbranched alkanes of at least 4 members (excludes halogenated alkanes) is 4. The van der Waals surface area contributed by atoms with Crippen molar-refractivity contribution in [3.05, 3.63) is 23.4 Å². The van der Waals surface area contributed by atoms with E-state index >= 15 is 0 Å². The maximum atomic E-state index is 12.5. The fourth-order valence-corrected chi connectivity index (χ4v) is 5.14. The summed E-state index contributed by atoms with van der Waals surface area (Å²) in [4.78, 5) is 28.8. The molecule has 0 aromatic carbocycles. The third kappa shape index (κ3) is 5.76. The van der Waals surface area contributed by atoms with Gasteiger partial charge in [-0.1, -0.05) is 31.7 Å². The summed E-state index contributed by atoms with van der Waals surface area (Å²) in [5.41, 5.74) is 2.47. The molecule has 4 atom stereocenters. The Morgan fingerprint density at radius 2 is 2.03 bits per heavy atom. The summed E-state index contributed by atoms with van der Waals surface area (Å²) in [6.07, 6.45) is 11.7. The standard InChI is InChI=1S/C24H35N3O4/c28-23(19-15-18-12-13-21(19)31-18)27-20(24(29)30)9-5-3-1-2-4-8-17-11-10-16-7-6-14-25-22(16)26-17/h10-11,18-21H,1-9,12-15H2,(H,25,26)(H,27,28)(H,29,30)/t18?,19?,20-,21?/m0/s1. The molecule has 4 heterocycles. The largest absolute Gasteiger partial charge is 0.480 e. The van der Waals surface area contributed by atoms with E-state index in [1.807, 2.05) is 0 Å². The summed E-state index contributed by atoms with van der Waals surface area (Å²) in [6, 6.07) is 3.55. The Hall–Kier alpha value is -2.15. The van der Waals surface area contributed by atoms with Gasteiger partial charge in [0.05, 0.1) is 18.1 Å². The van der Waals surface area contributed by atoms with Gasteiger partial charge in [0, 0.05) is 12.2 Å². The lowest BCUT2D eigenvalue weighted by Gasteiger charge is -2.21. The van der Waals surface area contributed by atoms with Crippen LogP contribution in [0, 0.1) is 5.92 Å². The van der Waals surface area contributed by atoms with E-state index in [4.69, 9.17) is 9.72 Å². The predicted molar refractivity (Wildman–Crippen MR) is 118 cm³/mol. The number of hydrogen-bond acceptors (Lipinski definition) is 5. The number of rotatable bonds is 11. The Kier molecular flexibility index (Phi) is 7.43. The van der Waals surface area contributed by atoms with Crippen LogP contribution in [0.2, 0.25) is 0 Å². The van der Waals surface area contributed by atoms with Crippen LogP contribution in [0.4, 0.5) is 5.82 Å². The minimum atomic E-state index is -0.940. The van der Waals surface area contributed by atoms with E-state index in [-0.39, 0.29) is 24.0 Å². The van der Waals surface area contributed by atoms with Crippen LogP contribution < -0.4 is 10.6 Å². The van der Waals surface area contributed by atoms with Crippen molar-refractivity contribution in [2.75, 3.05) is 11.9 Å². The summed E-state index contributed by atoms with van der Waals surface area (Å²) >= 11 is 0. The Morgan fingerprint density at radius 3 is 2.81 bits per heavy atom. The SMILES string of the molecule is O=C(N[C@@H](CCCCCCCc1ccc2c(n1)NCCC2)C(=O)O)C1CC2CCC1O2. The highest BCUT2D eigenvalue weighted by atomic mass is 16.5. The fourth-order valence-electron chi connectivity index (χ4n) is 5.14. The van der Waals surface area contributed by atoms with E-state index in [1.54, 1.807) is 0 Å². The summed E-state index contributed by atoms with van der Waals surface area (Å²) in [6.45, 7) is 1.01. The van der Waals surface area contributed by atoms with Crippen LogP contribution in [0.5, 0.6) is 0 Å². The molecule has 7 nitrogen and oxygen atoms in total. The van der Waals surface area contributed by atoms with Gasteiger partial charge in [0.2, 0.25) is 5.91 Å². The first-order valence-corrected chi connectivity index (χ1v) is 12.0. The van der Waals surface area contributed by atoms with Crippen molar-refractivity contribution < 1.29 is 19.4 Å². The molecule has 31 heavy (non-hydrogen) atoms. The lowest BCUT2D eigenvalue weighted by atomic mass is 9.88. The van der Waals surface area contributed by atoms with E-state index < -0.39 is 12.0 Å². The van der Waals surface area contributed by atoms with Gasteiger partial charge < -0.3 is 20.5 Å². The minimum absolute atomic E-state index is 0.0140. The number of aryl methyl sites for hydroxylation is 2. The number of anilines is 1. The number of carboxylic acids is 1. The molecule has 170 valence electrons. The summed E-state index contributed by atoms with van der Waals surface area (Å²) in [5.74, 6) is -0.202. The number of nitrogens with zero attached hydrogens (tertiary/aromatic N) is 1. The van der Waals surface area contributed by atoms with Crippen molar-refractivity contribution in [3.63, 3.8) is 0 Å². The van der Waals surface area contributed by atoms with Crippen LogP contribution >= 0.6 is 0 Å². The van der Waals surface area contributed by atoms with Crippen molar-refractivity contribution in [1.82, 2.24) is 10.3 Å². The molecular weight excluding hydrogens is 394 g/mol. The van der Waals surface area contributed by atoms with E-state index in [0.29, 0.717) is 6.42 Å². The summed E-state index contributed by atoms with van der Waals surface area (Å²) in [7, 11) is 0. The molecule has 3 aliphatic rings. The molecule has 0 saturated carbocycles. The van der Waals surface area contributed by atoms with Gasteiger partial charge in [-0.05, 0) is 63.0 Å². The number of fused-ring (bicyclic) bond motifs is 3. The highest BCUT2D eigenvalue weighted by Gasteiger charge is 2.45. The van der Waals surface area contributed by atoms with Gasteiger partial charge in [-0.25, -0.2) is 9.78 Å². The van der Waals surface area contributed by atoms with E-state index in [0.717, 1.165) is 82.3 Å². The van der Waals surface area contributed by atoms with Gasteiger partial charge in [-0.2, -0.15) is 0 Å². The number of amides is 1. The number of carbonyl (C=O) groups excluding carboxylic acids is 1. The van der Waals surface area contributed by atoms with Gasteiger partial charge in [0.15, 0.2) is 0 Å². The Bertz CT molecular complexity index is 784. The molecule has 7 heteroatoms. The molecule has 0 radical (unpaired) electrons. The Morgan fingerprint density at radius 1 is 1.19 bits per heavy atom. The quantitative estimate of drug-likeness (QED) is 0.466. The second kappa shape index (κ2) is 10.4. The number of aromatic nitrogens is 1. The van der Waals surface area contributed by atoms with Gasteiger partial charge in [-0.3, -0.25) is 4.79 Å². The summed E-state index contributed by atoms with van der Waals surface area (Å²) < 4.78 is 5.73. The maximum Gasteiger partial charge on any atom is 0.326 e. The first kappa shape index (κ1) is 22.1. The number of nitrogens with one attached hydrogen (secondary N) is 2. The molecule has 1 amide bonds. The van der Waals surface area contributed by atoms with E-state index in [2.05, 4.69) is 22.8 Å². The molecule has 4 rings (SSSR count). The van der Waals surface area contributed by atoms with Crippen molar-refractivity contribution >= 4 is 17.7 Å². The number of carboxylic acid groups (broad SMARTS) is 1. The molecule has 2 saturated heterocycles. The second-order valence-electron chi connectivity index (χ2n) is 9.26. The van der Waals surface area contributed by atoms with Gasteiger partial charge in [-0.15, -0.1) is 0 Å². The Labute approximate surface area is 184 Å². The summed E-state index contributed by atoms with van der Waals surface area (Å²) in [5, 5.41) is 15.6. The van der Waals surface area contributed by atoms with Crippen molar-refractivity contribution in [1.29, 1.82) is 0 Å². The first-order chi connectivity index (χ1) is 15.1. The predicted octanol–water partition coefficient (Wildman–Crippen LogP) is 3.46. The highest BCUT2D eigenvalue weighted by molar-refractivity contribution is 5.85. The highest BCUT2D eigenvalue weighted by Crippen LogP contribution is 2.38. The van der Waals surface area contributed by atoms with Gasteiger partial charge >= 0.3 is 5.97 Å². The Balaban J connectivity index is 1.10. The molecule has 1 aromatic rings. The zero-order chi connectivity index (χ0) is 21.6. The number of carbonyl (C=O) groups is 2. The fraction of sp³-hybridized carbons (Fsp3) is 0.708. The van der Waals surface area contributed by atoms with Crippen molar-refractivity contribution in [2.24, 2.45) is 5.92 Å². The van der Waals surface area contributed by atoms with Gasteiger partial charge in [0.25, 0.3) is 0 Å². The van der Waals surface area contributed by atoms with Gasteiger partial charge in [0.1, 0.15) is 11.9 Å². The molecule has 2 bridgehead atoms. The third-order valence-corrected chi connectivity index (χ3v) is 6.93. The van der Waals surface area contributed by atoms with Crippen LogP contribution in [0.1, 0.15) is 75.5 Å². The van der Waals surface area contributed by atoms with Crippen LogP contribution in [0.3, 0.4) is 0 Å². The van der Waals surface area contributed by atoms with Crippen molar-refractivity contribution in [3.8, 4) is 0 Å². The second-order valence-corrected chi connectivity index (χ2v) is 9.26. The maximum absolute atomic E-state index is 12.5. The van der Waals surface area contributed by atoms with Crippen LogP contribution in [-0.2, 0) is 27.2 Å². The van der Waals surface area contributed by atoms with Crippen LogP contribution in [0.25, 0.3) is 0 Å². The zero-order valence-corrected chi connectivity index (χ0v) is 18.3. The molecule has 3 aliphatic heterocycles. The van der Waals surface area contributed by atoms with Crippen LogP contribution in [0.15, 0.2) is 12.1 Å². The molecule has 2 fully saturated rings. The average molecular weight is 430 g/mol. The molecule has 3 unspecified atom stereocenters. The number of pyridine rings is 1. The normalized spacial score (nSPS) is 25.0. The molecule has 1 aromatic heterocycles. The topological polar surface area (TPSA) is 101 Å². The third-order valence-electron chi connectivity index (χ3n) is 6.93. The zero-order valence-electron chi connectivity index (χ0n) is 18.3. The van der Waals surface area contributed by atoms with E-state index in [9.17, 15) is 14.7 Å². The number of hydrogen-bond donors (Lipinski definition) is 3. The molecule has 0 aliphatic carbocycles. The lowest BCUT2D eigenvalue weighted by molar-refractivity contribution is -0.143.